The van der Waals surface area contributed by atoms with Crippen molar-refractivity contribution in [2.45, 2.75) is 41.5 Å². The average molecular weight is 251 g/mol. The van der Waals surface area contributed by atoms with E-state index in [1.54, 1.807) is 0 Å². The average Bonchev–Trinajstić information content (AvgIpc) is 1.82. The molecule has 0 aromatic carbocycles. The van der Waals surface area contributed by atoms with Crippen molar-refractivity contribution >= 4 is 5.78 Å². The van der Waals surface area contributed by atoms with Gasteiger partial charge in [0.2, 0.25) is 0 Å². The number of ketones is 1. The summed E-state index contributed by atoms with van der Waals surface area (Å²) >= 11 is 0. The van der Waals surface area contributed by atoms with Crippen LogP contribution in [0.1, 0.15) is 41.5 Å². The minimum absolute atomic E-state index is 0. The number of aliphatic hydroxyl groups excluding tert-OH is 1. The van der Waals surface area contributed by atoms with Crippen LogP contribution >= 0.6 is 0 Å². The summed E-state index contributed by atoms with van der Waals surface area (Å²) < 4.78 is 0. The fraction of sp³-hybridized carbons (Fsp3) is 0.727. The molecule has 0 aliphatic heterocycles. The van der Waals surface area contributed by atoms with Crippen molar-refractivity contribution in [2.75, 3.05) is 0 Å². The molecular formula is C11H23O3Ti+. The molecule has 0 radical (unpaired) electrons. The Kier molecular flexibility index (Phi) is 8.75. The van der Waals surface area contributed by atoms with Gasteiger partial charge >= 0.3 is 5.78 Å². The minimum Gasteiger partial charge on any atom is -0.511 e. The molecule has 3 nitrogen and oxygen atoms in total. The predicted octanol–water partition coefficient (Wildman–Crippen LogP) is 2.24. The first-order valence-corrected chi connectivity index (χ1v) is 4.52. The van der Waals surface area contributed by atoms with Gasteiger partial charge in [-0.05, 0) is 20.8 Å². The molecule has 0 amide bonds. The van der Waals surface area contributed by atoms with E-state index in [0.717, 1.165) is 0 Å². The summed E-state index contributed by atoms with van der Waals surface area (Å²) in [7, 11) is 0. The molecule has 4 N–H and O–H groups in total. The fourth-order valence-electron chi connectivity index (χ4n) is 0.563. The molecular weight excluding hydrogens is 228 g/mol. The van der Waals surface area contributed by atoms with Crippen molar-refractivity contribution in [1.29, 1.82) is 0 Å². The Labute approximate surface area is 107 Å². The molecule has 0 atom stereocenters. The molecule has 0 fully saturated rings. The maximum Gasteiger partial charge on any atom is 0.325 e. The first-order valence-electron chi connectivity index (χ1n) is 4.52. The van der Waals surface area contributed by atoms with Crippen molar-refractivity contribution in [2.24, 2.45) is 10.8 Å². The molecule has 0 aliphatic rings. The van der Waals surface area contributed by atoms with Crippen molar-refractivity contribution < 1.29 is 37.1 Å². The number of aliphatic hydroxyl groups is 1. The van der Waals surface area contributed by atoms with Gasteiger partial charge in [-0.2, -0.15) is 0 Å². The van der Waals surface area contributed by atoms with Gasteiger partial charge in [0.05, 0.1) is 11.5 Å². The van der Waals surface area contributed by atoms with Gasteiger partial charge < -0.3 is 10.6 Å². The predicted molar refractivity (Wildman–Crippen MR) is 60.2 cm³/mol. The standard InChI is InChI=1S/C11H20O2.H2O.Ti/c1-10(2,3)8(12)7-9(13)11(4,5)6;;/h7,12H,1-6H3;1H2;/p+1/b8-7-;;. The third kappa shape index (κ3) is 7.77. The Hall–Kier alpha value is -0.116. The van der Waals surface area contributed by atoms with E-state index in [2.05, 4.69) is 0 Å². The quantitative estimate of drug-likeness (QED) is 0.330. The van der Waals surface area contributed by atoms with Gasteiger partial charge in [-0.3, -0.25) is 4.79 Å². The van der Waals surface area contributed by atoms with E-state index in [9.17, 15) is 9.90 Å². The van der Waals surface area contributed by atoms with Crippen LogP contribution < -0.4 is 0 Å². The van der Waals surface area contributed by atoms with E-state index in [-0.39, 0.29) is 49.6 Å². The Bertz CT molecular complexity index is 231. The second-order valence-corrected chi connectivity index (χ2v) is 5.41. The smallest absolute Gasteiger partial charge is 0.325 e. The van der Waals surface area contributed by atoms with Crippen molar-refractivity contribution in [3.63, 3.8) is 0 Å². The number of hydrogen-bond acceptors (Lipinski definition) is 1. The molecule has 0 saturated carbocycles. The largest absolute Gasteiger partial charge is 0.511 e. The molecule has 0 aliphatic carbocycles. The van der Waals surface area contributed by atoms with Crippen LogP contribution in [0, 0.1) is 10.8 Å². The van der Waals surface area contributed by atoms with Gasteiger partial charge in [0.1, 0.15) is 5.76 Å². The Morgan fingerprint density at radius 2 is 1.33 bits per heavy atom. The van der Waals surface area contributed by atoms with Gasteiger partial charge in [-0.1, -0.05) is 20.8 Å². The van der Waals surface area contributed by atoms with E-state index in [0.29, 0.717) is 0 Å². The zero-order valence-electron chi connectivity index (χ0n) is 10.5. The minimum atomic E-state index is -0.306. The molecule has 4 heteroatoms. The zero-order chi connectivity index (χ0) is 10.9. The van der Waals surface area contributed by atoms with E-state index < -0.39 is 0 Å². The van der Waals surface area contributed by atoms with Gasteiger partial charge in [0.25, 0.3) is 0 Å². The van der Waals surface area contributed by atoms with Crippen LogP contribution in [-0.2, 0) is 21.7 Å². The second-order valence-electron chi connectivity index (χ2n) is 5.41. The van der Waals surface area contributed by atoms with Crippen molar-refractivity contribution in [3.8, 4) is 0 Å². The third-order valence-corrected chi connectivity index (χ3v) is 1.81. The monoisotopic (exact) mass is 251 g/mol. The normalized spacial score (nSPS) is 12.5. The number of rotatable bonds is 1. The van der Waals surface area contributed by atoms with Gasteiger partial charge in [0.15, 0.2) is 0 Å². The molecule has 0 heterocycles. The maximum absolute atomic E-state index is 9.60. The van der Waals surface area contributed by atoms with Crippen LogP contribution in [0.3, 0.4) is 0 Å². The number of carbonyl (C=O) groups excluding carboxylic acids is 1. The third-order valence-electron chi connectivity index (χ3n) is 1.81. The SMILES string of the molecule is CC(C)(C)C(=[OH+])/C=C(\O)C(C)(C)C.O.[Ti]. The Morgan fingerprint density at radius 1 is 1.00 bits per heavy atom. The van der Waals surface area contributed by atoms with Crippen molar-refractivity contribution in [1.82, 2.24) is 0 Å². The van der Waals surface area contributed by atoms with Crippen LogP contribution in [0.5, 0.6) is 0 Å². The Balaban J connectivity index is -0.000000720. The van der Waals surface area contributed by atoms with Crippen molar-refractivity contribution in [3.05, 3.63) is 11.8 Å². The molecule has 88 valence electrons. The molecule has 0 rings (SSSR count). The van der Waals surface area contributed by atoms with Crippen LogP contribution in [0.2, 0.25) is 0 Å². The van der Waals surface area contributed by atoms with Crippen LogP contribution in [0.15, 0.2) is 11.8 Å². The maximum atomic E-state index is 9.60. The zero-order valence-corrected chi connectivity index (χ0v) is 12.0. The van der Waals surface area contributed by atoms with Crippen LogP contribution in [0.4, 0.5) is 0 Å². The first kappa shape index (κ1) is 20.3. The topological polar surface area (TPSA) is 73.1 Å². The summed E-state index contributed by atoms with van der Waals surface area (Å²) in [4.78, 5) is 9.60. The summed E-state index contributed by atoms with van der Waals surface area (Å²) in [6.07, 6.45) is 1.44. The summed E-state index contributed by atoms with van der Waals surface area (Å²) in [5.74, 6) is 0.417. The van der Waals surface area contributed by atoms with Gasteiger partial charge in [-0.25, -0.2) is 0 Å². The second kappa shape index (κ2) is 6.46. The molecule has 0 spiro atoms. The van der Waals surface area contributed by atoms with Gasteiger partial charge in [-0.15, -0.1) is 0 Å². The van der Waals surface area contributed by atoms with Crippen LogP contribution in [0.25, 0.3) is 0 Å². The van der Waals surface area contributed by atoms with E-state index in [1.165, 1.54) is 6.08 Å². The van der Waals surface area contributed by atoms with Crippen LogP contribution in [-0.4, -0.2) is 21.2 Å². The molecule has 0 unspecified atom stereocenters. The molecule has 15 heavy (non-hydrogen) atoms. The van der Waals surface area contributed by atoms with E-state index in [4.69, 9.17) is 0 Å². The first-order chi connectivity index (χ1) is 5.55. The summed E-state index contributed by atoms with van der Waals surface area (Å²) in [5, 5.41) is 9.60. The Morgan fingerprint density at radius 3 is 1.53 bits per heavy atom. The molecule has 0 aromatic heterocycles. The van der Waals surface area contributed by atoms with E-state index in [1.807, 2.05) is 41.5 Å². The molecule has 0 aromatic rings. The van der Waals surface area contributed by atoms with E-state index >= 15 is 0 Å². The molecule has 0 saturated heterocycles. The fourth-order valence-corrected chi connectivity index (χ4v) is 0.563. The summed E-state index contributed by atoms with van der Waals surface area (Å²) in [6.45, 7) is 11.4. The number of hydrogen-bond donors (Lipinski definition) is 1. The number of allylic oxidation sites excluding steroid dienone is 2. The molecule has 0 bridgehead atoms. The summed E-state index contributed by atoms with van der Waals surface area (Å²) in [5.41, 5.74) is -0.613. The summed E-state index contributed by atoms with van der Waals surface area (Å²) in [6, 6.07) is 0. The van der Waals surface area contributed by atoms with Gasteiger partial charge in [0, 0.05) is 27.1 Å².